The van der Waals surface area contributed by atoms with Gasteiger partial charge in [-0.2, -0.15) is 0 Å². The summed E-state index contributed by atoms with van der Waals surface area (Å²) in [5, 5.41) is 11.4. The van der Waals surface area contributed by atoms with E-state index in [-0.39, 0.29) is 5.69 Å². The maximum Gasteiger partial charge on any atom is 0.338 e. The van der Waals surface area contributed by atoms with E-state index < -0.39 is 23.2 Å². The lowest BCUT2D eigenvalue weighted by molar-refractivity contribution is 0.0690. The Hall–Kier alpha value is -2.44. The van der Waals surface area contributed by atoms with Crippen LogP contribution in [0.15, 0.2) is 24.5 Å². The van der Waals surface area contributed by atoms with Crippen molar-refractivity contribution in [3.63, 3.8) is 0 Å². The summed E-state index contributed by atoms with van der Waals surface area (Å²) in [5.74, 6) is -3.21. The minimum Gasteiger partial charge on any atom is -0.478 e. The van der Waals surface area contributed by atoms with Crippen molar-refractivity contribution in [3.8, 4) is 0 Å². The monoisotopic (exact) mass is 281 g/mol. The van der Waals surface area contributed by atoms with E-state index in [4.69, 9.17) is 5.11 Å². The number of aryl methyl sites for hydroxylation is 1. The number of carboxylic acid groups (broad SMARTS) is 1. The van der Waals surface area contributed by atoms with Crippen LogP contribution in [-0.2, 0) is 6.42 Å². The Morgan fingerprint density at radius 2 is 2.15 bits per heavy atom. The highest BCUT2D eigenvalue weighted by molar-refractivity contribution is 5.88. The summed E-state index contributed by atoms with van der Waals surface area (Å²) in [6.45, 7) is 0.420. The number of H-pyrrole nitrogens is 1. The molecule has 0 spiro atoms. The number of hydrogen-bond acceptors (Lipinski definition) is 3. The summed E-state index contributed by atoms with van der Waals surface area (Å²) in [6, 6.07) is 2.25. The summed E-state index contributed by atoms with van der Waals surface area (Å²) in [6.07, 6.45) is 4.71. The molecule has 1 aromatic carbocycles. The first kappa shape index (κ1) is 14.0. The molecule has 0 radical (unpaired) electrons. The molecule has 0 unspecified atom stereocenters. The van der Waals surface area contributed by atoms with E-state index >= 15 is 0 Å². The maximum atomic E-state index is 13.6. The number of aromatic amines is 1. The first-order chi connectivity index (χ1) is 9.59. The van der Waals surface area contributed by atoms with Gasteiger partial charge in [-0.25, -0.2) is 18.6 Å². The lowest BCUT2D eigenvalue weighted by Gasteiger charge is -2.08. The quantitative estimate of drug-likeness (QED) is 0.711. The van der Waals surface area contributed by atoms with Crippen LogP contribution in [0, 0.1) is 11.6 Å². The molecule has 5 nitrogen and oxygen atoms in total. The number of imidazole rings is 1. The number of nitrogens with zero attached hydrogens (tertiary/aromatic N) is 1. The minimum atomic E-state index is -1.49. The van der Waals surface area contributed by atoms with Gasteiger partial charge in [-0.1, -0.05) is 0 Å². The third-order valence-corrected chi connectivity index (χ3v) is 2.77. The molecule has 0 aliphatic carbocycles. The van der Waals surface area contributed by atoms with E-state index in [1.165, 1.54) is 6.07 Å². The lowest BCUT2D eigenvalue weighted by atomic mass is 10.1. The van der Waals surface area contributed by atoms with Crippen LogP contribution < -0.4 is 5.32 Å². The predicted octanol–water partition coefficient (Wildman–Crippen LogP) is 2.43. The van der Waals surface area contributed by atoms with Gasteiger partial charge >= 0.3 is 5.97 Å². The van der Waals surface area contributed by atoms with Crippen LogP contribution in [0.3, 0.4) is 0 Å². The number of rotatable bonds is 6. The van der Waals surface area contributed by atoms with Crippen LogP contribution >= 0.6 is 0 Å². The second-order valence-corrected chi connectivity index (χ2v) is 4.16. The van der Waals surface area contributed by atoms with E-state index in [2.05, 4.69) is 15.3 Å². The molecule has 20 heavy (non-hydrogen) atoms. The molecule has 0 aliphatic heterocycles. The number of hydrogen-bond donors (Lipinski definition) is 3. The van der Waals surface area contributed by atoms with Crippen LogP contribution in [0.4, 0.5) is 14.5 Å². The van der Waals surface area contributed by atoms with E-state index in [0.29, 0.717) is 19.4 Å². The zero-order chi connectivity index (χ0) is 14.5. The molecule has 1 heterocycles. The summed E-state index contributed by atoms with van der Waals surface area (Å²) >= 11 is 0. The number of anilines is 1. The van der Waals surface area contributed by atoms with E-state index in [1.54, 1.807) is 12.4 Å². The number of carbonyl (C=O) groups is 1. The average molecular weight is 281 g/mol. The molecule has 3 N–H and O–H groups in total. The first-order valence-electron chi connectivity index (χ1n) is 6.03. The Balaban J connectivity index is 1.93. The fourth-order valence-electron chi connectivity index (χ4n) is 1.76. The summed E-state index contributed by atoms with van der Waals surface area (Å²) in [4.78, 5) is 17.6. The number of halogens is 2. The van der Waals surface area contributed by atoms with Crippen molar-refractivity contribution in [1.29, 1.82) is 0 Å². The van der Waals surface area contributed by atoms with Crippen molar-refractivity contribution in [3.05, 3.63) is 47.5 Å². The van der Waals surface area contributed by atoms with E-state index in [9.17, 15) is 13.6 Å². The van der Waals surface area contributed by atoms with Crippen molar-refractivity contribution >= 4 is 11.7 Å². The van der Waals surface area contributed by atoms with Gasteiger partial charge in [-0.05, 0) is 18.6 Å². The van der Waals surface area contributed by atoms with Gasteiger partial charge in [0.1, 0.15) is 5.82 Å². The zero-order valence-corrected chi connectivity index (χ0v) is 10.5. The molecule has 2 aromatic rings. The van der Waals surface area contributed by atoms with Gasteiger partial charge in [0.2, 0.25) is 0 Å². The van der Waals surface area contributed by atoms with Crippen molar-refractivity contribution in [2.24, 2.45) is 0 Å². The fraction of sp³-hybridized carbons (Fsp3) is 0.231. The Morgan fingerprint density at radius 3 is 2.80 bits per heavy atom. The molecule has 106 valence electrons. The van der Waals surface area contributed by atoms with Crippen LogP contribution in [0.2, 0.25) is 0 Å². The molecule has 7 heteroatoms. The van der Waals surface area contributed by atoms with Gasteiger partial charge in [0.15, 0.2) is 11.6 Å². The number of benzene rings is 1. The highest BCUT2D eigenvalue weighted by Crippen LogP contribution is 2.20. The number of carboxylic acids is 1. The van der Waals surface area contributed by atoms with Crippen LogP contribution in [0.5, 0.6) is 0 Å². The average Bonchev–Trinajstić information content (AvgIpc) is 2.92. The lowest BCUT2D eigenvalue weighted by Crippen LogP contribution is -2.09. The SMILES string of the molecule is O=C(O)c1ccc(NCCCc2ncc[nH]2)c(F)c1F. The third-order valence-electron chi connectivity index (χ3n) is 2.77. The normalized spacial score (nSPS) is 10.5. The van der Waals surface area contributed by atoms with Gasteiger partial charge < -0.3 is 15.4 Å². The molecule has 0 amide bonds. The molecule has 2 rings (SSSR count). The Bertz CT molecular complexity index is 600. The van der Waals surface area contributed by atoms with Gasteiger partial charge in [-0.3, -0.25) is 0 Å². The second-order valence-electron chi connectivity index (χ2n) is 4.16. The van der Waals surface area contributed by atoms with E-state index in [0.717, 1.165) is 11.9 Å². The molecular formula is C13H13F2N3O2. The maximum absolute atomic E-state index is 13.6. The Kier molecular flexibility index (Phi) is 4.29. The first-order valence-corrected chi connectivity index (χ1v) is 6.03. The molecule has 0 saturated heterocycles. The van der Waals surface area contributed by atoms with Crippen molar-refractivity contribution in [1.82, 2.24) is 9.97 Å². The van der Waals surface area contributed by atoms with Crippen molar-refractivity contribution < 1.29 is 18.7 Å². The largest absolute Gasteiger partial charge is 0.478 e. The van der Waals surface area contributed by atoms with Crippen molar-refractivity contribution in [2.45, 2.75) is 12.8 Å². The molecule has 0 aliphatic rings. The topological polar surface area (TPSA) is 78.0 Å². The second kappa shape index (κ2) is 6.14. The molecule has 0 bridgehead atoms. The third kappa shape index (κ3) is 3.11. The van der Waals surface area contributed by atoms with Gasteiger partial charge in [0, 0.05) is 25.4 Å². The molecule has 0 fully saturated rings. The summed E-state index contributed by atoms with van der Waals surface area (Å²) < 4.78 is 27.0. The summed E-state index contributed by atoms with van der Waals surface area (Å²) in [7, 11) is 0. The van der Waals surface area contributed by atoms with Gasteiger partial charge in [0.25, 0.3) is 0 Å². The Labute approximate surface area is 113 Å². The van der Waals surface area contributed by atoms with Crippen molar-refractivity contribution in [2.75, 3.05) is 11.9 Å². The van der Waals surface area contributed by atoms with Gasteiger partial charge in [0.05, 0.1) is 11.3 Å². The molecular weight excluding hydrogens is 268 g/mol. The van der Waals surface area contributed by atoms with Crippen LogP contribution in [0.25, 0.3) is 0 Å². The highest BCUT2D eigenvalue weighted by Gasteiger charge is 2.17. The fourth-order valence-corrected chi connectivity index (χ4v) is 1.76. The van der Waals surface area contributed by atoms with E-state index in [1.807, 2.05) is 0 Å². The standard InChI is InChI=1S/C13H13F2N3O2/c14-11-8(13(19)20)3-4-9(12(11)15)16-5-1-2-10-17-6-7-18-10/h3-4,6-7,16H,1-2,5H2,(H,17,18)(H,19,20). The molecule has 1 aromatic heterocycles. The zero-order valence-electron chi connectivity index (χ0n) is 10.5. The Morgan fingerprint density at radius 1 is 1.35 bits per heavy atom. The number of aromatic carboxylic acids is 1. The molecule has 0 saturated carbocycles. The van der Waals surface area contributed by atoms with Gasteiger partial charge in [-0.15, -0.1) is 0 Å². The summed E-state index contributed by atoms with van der Waals surface area (Å²) in [5.41, 5.74) is -0.726. The number of aromatic nitrogens is 2. The van der Waals surface area contributed by atoms with Crippen LogP contribution in [0.1, 0.15) is 22.6 Å². The highest BCUT2D eigenvalue weighted by atomic mass is 19.2. The molecule has 0 atom stereocenters. The minimum absolute atomic E-state index is 0.0491. The predicted molar refractivity (Wildman–Crippen MR) is 68.7 cm³/mol. The number of nitrogens with one attached hydrogen (secondary N) is 2. The smallest absolute Gasteiger partial charge is 0.338 e. The van der Waals surface area contributed by atoms with Crippen LogP contribution in [-0.4, -0.2) is 27.6 Å².